The smallest absolute Gasteiger partial charge is 0.338 e. The molecule has 2 aromatic carbocycles. The Kier molecular flexibility index (Phi) is 7.89. The van der Waals surface area contributed by atoms with Crippen LogP contribution in [0, 0.1) is 5.92 Å². The highest BCUT2D eigenvalue weighted by atomic mass is 32.2. The Bertz CT molecular complexity index is 1480. The molecule has 0 bridgehead atoms. The molecular weight excluding hydrogens is 519 g/mol. The number of rotatable bonds is 8. The molecule has 38 heavy (non-hydrogen) atoms. The number of hydrogen-bond acceptors (Lipinski definition) is 4. The first kappa shape index (κ1) is 27.3. The molecule has 0 spiro atoms. The molecule has 7 nitrogen and oxygen atoms in total. The maximum absolute atomic E-state index is 13.1. The standard InChI is InChI=1S/C27H26F3N3O4S/c1-2-38(36,37)31-16-20-13-15-33(18-20)25(34)22-9-7-21(8-10-22)24-4-3-14-32(26(24)35)17-19-5-11-23(12-6-19)27(28,29)30/h2-12,14,20,31H,1,13,15-18H2/t20-/m0/s1. The first-order valence-electron chi connectivity index (χ1n) is 11.8. The Balaban J connectivity index is 1.43. The van der Waals surface area contributed by atoms with Crippen LogP contribution in [0.25, 0.3) is 11.1 Å². The fourth-order valence-corrected chi connectivity index (χ4v) is 4.91. The molecule has 0 saturated carbocycles. The fourth-order valence-electron chi connectivity index (χ4n) is 4.33. The number of likely N-dealkylation sites (tertiary alicyclic amines) is 1. The molecule has 1 aliphatic heterocycles. The van der Waals surface area contributed by atoms with Crippen LogP contribution in [0.3, 0.4) is 0 Å². The Labute approximate surface area is 218 Å². The van der Waals surface area contributed by atoms with E-state index in [0.717, 1.165) is 17.5 Å². The van der Waals surface area contributed by atoms with Gasteiger partial charge in [0.05, 0.1) is 12.1 Å². The lowest BCUT2D eigenvalue weighted by Gasteiger charge is -2.17. The van der Waals surface area contributed by atoms with Crippen molar-refractivity contribution < 1.29 is 26.4 Å². The van der Waals surface area contributed by atoms with E-state index in [1.54, 1.807) is 47.5 Å². The molecule has 1 N–H and O–H groups in total. The maximum atomic E-state index is 13.1. The van der Waals surface area contributed by atoms with E-state index in [0.29, 0.717) is 41.8 Å². The number of sulfonamides is 1. The van der Waals surface area contributed by atoms with Crippen molar-refractivity contribution in [1.29, 1.82) is 0 Å². The second kappa shape index (κ2) is 11.0. The van der Waals surface area contributed by atoms with Crippen LogP contribution in [-0.4, -0.2) is 43.4 Å². The van der Waals surface area contributed by atoms with Gasteiger partial charge in [-0.25, -0.2) is 13.1 Å². The van der Waals surface area contributed by atoms with Gasteiger partial charge in [0.1, 0.15) is 0 Å². The van der Waals surface area contributed by atoms with Crippen LogP contribution < -0.4 is 10.3 Å². The minimum absolute atomic E-state index is 0.000370. The number of carbonyl (C=O) groups is 1. The number of alkyl halides is 3. The summed E-state index contributed by atoms with van der Waals surface area (Å²) in [5, 5.41) is 0.850. The van der Waals surface area contributed by atoms with Crippen molar-refractivity contribution in [3.8, 4) is 11.1 Å². The van der Waals surface area contributed by atoms with Gasteiger partial charge in [-0.1, -0.05) is 30.8 Å². The Morgan fingerprint density at radius 1 is 1.08 bits per heavy atom. The third-order valence-electron chi connectivity index (χ3n) is 6.46. The van der Waals surface area contributed by atoms with Gasteiger partial charge >= 0.3 is 6.18 Å². The lowest BCUT2D eigenvalue weighted by molar-refractivity contribution is -0.137. The van der Waals surface area contributed by atoms with Gasteiger partial charge in [0.25, 0.3) is 11.5 Å². The van der Waals surface area contributed by atoms with Crippen molar-refractivity contribution in [3.63, 3.8) is 0 Å². The van der Waals surface area contributed by atoms with Gasteiger partial charge in [-0.05, 0) is 59.9 Å². The SMILES string of the molecule is C=CS(=O)(=O)NC[C@@H]1CCN(C(=O)c2ccc(-c3cccn(Cc4ccc(C(F)(F)F)cc4)c3=O)cc2)C1. The van der Waals surface area contributed by atoms with Crippen molar-refractivity contribution in [1.82, 2.24) is 14.2 Å². The third-order valence-corrected chi connectivity index (χ3v) is 7.47. The largest absolute Gasteiger partial charge is 0.416 e. The number of amides is 1. The summed E-state index contributed by atoms with van der Waals surface area (Å²) >= 11 is 0. The molecule has 1 atom stereocenters. The lowest BCUT2D eigenvalue weighted by Crippen LogP contribution is -2.32. The van der Waals surface area contributed by atoms with Crippen LogP contribution in [0.1, 0.15) is 27.9 Å². The van der Waals surface area contributed by atoms with Crippen LogP contribution >= 0.6 is 0 Å². The first-order valence-corrected chi connectivity index (χ1v) is 13.4. The van der Waals surface area contributed by atoms with E-state index < -0.39 is 21.8 Å². The topological polar surface area (TPSA) is 88.5 Å². The highest BCUT2D eigenvalue weighted by Gasteiger charge is 2.30. The number of nitrogens with zero attached hydrogens (tertiary/aromatic N) is 2. The van der Waals surface area contributed by atoms with E-state index in [1.807, 2.05) is 0 Å². The van der Waals surface area contributed by atoms with Crippen molar-refractivity contribution in [2.45, 2.75) is 19.1 Å². The average molecular weight is 546 g/mol. The molecule has 1 amide bonds. The fraction of sp³-hybridized carbons (Fsp3) is 0.259. The van der Waals surface area contributed by atoms with Gasteiger partial charge in [0.15, 0.2) is 0 Å². The van der Waals surface area contributed by atoms with Crippen LogP contribution in [-0.2, 0) is 22.7 Å². The van der Waals surface area contributed by atoms with Crippen LogP contribution in [0.4, 0.5) is 13.2 Å². The zero-order valence-corrected chi connectivity index (χ0v) is 21.1. The molecule has 0 unspecified atom stereocenters. The molecule has 0 radical (unpaired) electrons. The molecule has 1 fully saturated rings. The molecule has 11 heteroatoms. The number of hydrogen-bond donors (Lipinski definition) is 1. The van der Waals surface area contributed by atoms with E-state index in [1.165, 1.54) is 16.7 Å². The molecule has 1 aromatic heterocycles. The summed E-state index contributed by atoms with van der Waals surface area (Å²) in [6, 6.07) is 14.6. The van der Waals surface area contributed by atoms with E-state index in [4.69, 9.17) is 0 Å². The zero-order chi connectivity index (χ0) is 27.5. The van der Waals surface area contributed by atoms with Crippen molar-refractivity contribution in [2.24, 2.45) is 5.92 Å². The molecular formula is C27H26F3N3O4S. The minimum atomic E-state index is -4.43. The van der Waals surface area contributed by atoms with Gasteiger partial charge in [-0.3, -0.25) is 9.59 Å². The third kappa shape index (κ3) is 6.40. The molecule has 0 aliphatic carbocycles. The Morgan fingerprint density at radius 3 is 2.39 bits per heavy atom. The molecule has 3 aromatic rings. The number of benzene rings is 2. The van der Waals surface area contributed by atoms with E-state index >= 15 is 0 Å². The van der Waals surface area contributed by atoms with Crippen molar-refractivity contribution in [2.75, 3.05) is 19.6 Å². The molecule has 1 saturated heterocycles. The van der Waals surface area contributed by atoms with Gasteiger partial charge in [0.2, 0.25) is 10.0 Å². The summed E-state index contributed by atoms with van der Waals surface area (Å²) in [6.45, 7) is 4.53. The first-order chi connectivity index (χ1) is 18.0. The Morgan fingerprint density at radius 2 is 1.76 bits per heavy atom. The predicted octanol–water partition coefficient (Wildman–Crippen LogP) is 4.11. The van der Waals surface area contributed by atoms with Crippen molar-refractivity contribution in [3.05, 3.63) is 106 Å². The summed E-state index contributed by atoms with van der Waals surface area (Å²) in [6.07, 6.45) is -2.18. The summed E-state index contributed by atoms with van der Waals surface area (Å²) < 4.78 is 65.4. The zero-order valence-electron chi connectivity index (χ0n) is 20.3. The van der Waals surface area contributed by atoms with E-state index in [2.05, 4.69) is 11.3 Å². The molecule has 2 heterocycles. The predicted molar refractivity (Wildman–Crippen MR) is 138 cm³/mol. The number of halogens is 3. The van der Waals surface area contributed by atoms with Crippen LogP contribution in [0.5, 0.6) is 0 Å². The summed E-state index contributed by atoms with van der Waals surface area (Å²) in [5.74, 6) is -0.182. The minimum Gasteiger partial charge on any atom is -0.338 e. The van der Waals surface area contributed by atoms with E-state index in [-0.39, 0.29) is 30.5 Å². The monoisotopic (exact) mass is 545 g/mol. The molecule has 1 aliphatic rings. The second-order valence-electron chi connectivity index (χ2n) is 9.09. The summed E-state index contributed by atoms with van der Waals surface area (Å²) in [4.78, 5) is 27.7. The second-order valence-corrected chi connectivity index (χ2v) is 10.8. The molecule has 4 rings (SSSR count). The van der Waals surface area contributed by atoms with Gasteiger partial charge in [0, 0.05) is 42.4 Å². The highest BCUT2D eigenvalue weighted by molar-refractivity contribution is 7.92. The number of pyridine rings is 1. The Hall–Kier alpha value is -3.70. The van der Waals surface area contributed by atoms with Crippen molar-refractivity contribution >= 4 is 15.9 Å². The average Bonchev–Trinajstić information content (AvgIpc) is 3.38. The van der Waals surface area contributed by atoms with Crippen LogP contribution in [0.2, 0.25) is 0 Å². The van der Waals surface area contributed by atoms with Crippen LogP contribution in [0.15, 0.2) is 83.6 Å². The highest BCUT2D eigenvalue weighted by Crippen LogP contribution is 2.29. The summed E-state index contributed by atoms with van der Waals surface area (Å²) in [7, 11) is -3.52. The van der Waals surface area contributed by atoms with E-state index in [9.17, 15) is 31.2 Å². The summed E-state index contributed by atoms with van der Waals surface area (Å²) in [5.41, 5.74) is 0.941. The number of nitrogens with one attached hydrogen (secondary N) is 1. The quantitative estimate of drug-likeness (QED) is 0.462. The lowest BCUT2D eigenvalue weighted by atomic mass is 10.0. The number of aromatic nitrogens is 1. The normalized spacial score (nSPS) is 16.0. The van der Waals surface area contributed by atoms with Gasteiger partial charge in [-0.15, -0.1) is 0 Å². The van der Waals surface area contributed by atoms with Gasteiger partial charge in [-0.2, -0.15) is 13.2 Å². The molecule has 200 valence electrons. The maximum Gasteiger partial charge on any atom is 0.416 e. The van der Waals surface area contributed by atoms with Gasteiger partial charge < -0.3 is 9.47 Å². The number of carbonyl (C=O) groups excluding carboxylic acids is 1.